The lowest BCUT2D eigenvalue weighted by atomic mass is 10.2. The summed E-state index contributed by atoms with van der Waals surface area (Å²) in [5.74, 6) is -0.190. The fourth-order valence-corrected chi connectivity index (χ4v) is 1.90. The quantitative estimate of drug-likeness (QED) is 0.790. The molecule has 0 saturated carbocycles. The van der Waals surface area contributed by atoms with Gasteiger partial charge in [0.05, 0.1) is 18.6 Å². The van der Waals surface area contributed by atoms with Crippen LogP contribution in [0.5, 0.6) is 0 Å². The highest BCUT2D eigenvalue weighted by molar-refractivity contribution is 5.91. The largest absolute Gasteiger partial charge is 0.472 e. The fourth-order valence-electron chi connectivity index (χ4n) is 1.90. The fraction of sp³-hybridized carbons (Fsp3) is 0.267. The molecule has 0 aliphatic carbocycles. The highest BCUT2D eigenvalue weighted by atomic mass is 16.3. The second-order valence-corrected chi connectivity index (χ2v) is 4.53. The molecule has 20 heavy (non-hydrogen) atoms. The SMILES string of the molecule is Cn1cccc1[C@@H](O)CCNC(=O)/C=C/c1ccoc1. The van der Waals surface area contributed by atoms with Gasteiger partial charge in [-0.2, -0.15) is 0 Å². The van der Waals surface area contributed by atoms with Crippen molar-refractivity contribution in [1.29, 1.82) is 0 Å². The monoisotopic (exact) mass is 274 g/mol. The molecule has 5 heteroatoms. The zero-order valence-corrected chi connectivity index (χ0v) is 11.3. The van der Waals surface area contributed by atoms with Crippen molar-refractivity contribution in [2.24, 2.45) is 7.05 Å². The van der Waals surface area contributed by atoms with Gasteiger partial charge in [-0.15, -0.1) is 0 Å². The molecule has 2 heterocycles. The minimum absolute atomic E-state index is 0.190. The highest BCUT2D eigenvalue weighted by Crippen LogP contribution is 2.15. The van der Waals surface area contributed by atoms with Crippen LogP contribution in [-0.4, -0.2) is 22.1 Å². The summed E-state index contributed by atoms with van der Waals surface area (Å²) in [6.07, 6.45) is 8.00. The van der Waals surface area contributed by atoms with Crippen LogP contribution in [0.3, 0.4) is 0 Å². The summed E-state index contributed by atoms with van der Waals surface area (Å²) in [4.78, 5) is 11.6. The van der Waals surface area contributed by atoms with Gasteiger partial charge in [-0.05, 0) is 30.7 Å². The van der Waals surface area contributed by atoms with Gasteiger partial charge in [0.15, 0.2) is 0 Å². The highest BCUT2D eigenvalue weighted by Gasteiger charge is 2.10. The van der Waals surface area contributed by atoms with Gasteiger partial charge in [0.25, 0.3) is 0 Å². The average Bonchev–Trinajstić information content (AvgIpc) is 3.07. The average molecular weight is 274 g/mol. The molecule has 2 aromatic heterocycles. The van der Waals surface area contributed by atoms with Gasteiger partial charge in [0.1, 0.15) is 0 Å². The van der Waals surface area contributed by atoms with Crippen molar-refractivity contribution < 1.29 is 14.3 Å². The lowest BCUT2D eigenvalue weighted by Gasteiger charge is -2.11. The molecular formula is C15H18N2O3. The number of amides is 1. The number of nitrogens with zero attached hydrogens (tertiary/aromatic N) is 1. The van der Waals surface area contributed by atoms with Crippen molar-refractivity contribution in [2.45, 2.75) is 12.5 Å². The maximum atomic E-state index is 11.6. The van der Waals surface area contributed by atoms with E-state index in [2.05, 4.69) is 5.32 Å². The molecule has 2 aromatic rings. The van der Waals surface area contributed by atoms with Crippen LogP contribution >= 0.6 is 0 Å². The Bertz CT molecular complexity index is 570. The van der Waals surface area contributed by atoms with Gasteiger partial charge < -0.3 is 19.4 Å². The smallest absolute Gasteiger partial charge is 0.244 e. The van der Waals surface area contributed by atoms with Gasteiger partial charge >= 0.3 is 0 Å². The zero-order valence-electron chi connectivity index (χ0n) is 11.3. The topological polar surface area (TPSA) is 67.4 Å². The maximum absolute atomic E-state index is 11.6. The number of hydrogen-bond acceptors (Lipinski definition) is 3. The first-order valence-corrected chi connectivity index (χ1v) is 6.44. The maximum Gasteiger partial charge on any atom is 0.244 e. The van der Waals surface area contributed by atoms with Crippen LogP contribution < -0.4 is 5.32 Å². The van der Waals surface area contributed by atoms with Crippen LogP contribution in [0.15, 0.2) is 47.4 Å². The van der Waals surface area contributed by atoms with Gasteiger partial charge in [0.2, 0.25) is 5.91 Å². The van der Waals surface area contributed by atoms with E-state index >= 15 is 0 Å². The van der Waals surface area contributed by atoms with Crippen molar-refractivity contribution >= 4 is 12.0 Å². The molecule has 1 amide bonds. The Morgan fingerprint density at radius 2 is 2.40 bits per heavy atom. The number of carbonyl (C=O) groups is 1. The summed E-state index contributed by atoms with van der Waals surface area (Å²) in [5, 5.41) is 12.7. The summed E-state index contributed by atoms with van der Waals surface area (Å²) >= 11 is 0. The summed E-state index contributed by atoms with van der Waals surface area (Å²) in [5.41, 5.74) is 1.68. The van der Waals surface area contributed by atoms with Crippen LogP contribution in [0.25, 0.3) is 6.08 Å². The molecule has 5 nitrogen and oxygen atoms in total. The minimum atomic E-state index is -0.576. The van der Waals surface area contributed by atoms with Crippen LogP contribution in [0.4, 0.5) is 0 Å². The Labute approximate surface area is 117 Å². The predicted octanol–water partition coefficient (Wildman–Crippen LogP) is 1.87. The van der Waals surface area contributed by atoms with Crippen molar-refractivity contribution in [3.8, 4) is 0 Å². The lowest BCUT2D eigenvalue weighted by molar-refractivity contribution is -0.116. The first-order chi connectivity index (χ1) is 9.66. The van der Waals surface area contributed by atoms with Crippen LogP contribution in [0.2, 0.25) is 0 Å². The van der Waals surface area contributed by atoms with Gasteiger partial charge in [-0.3, -0.25) is 4.79 Å². The number of hydrogen-bond donors (Lipinski definition) is 2. The van der Waals surface area contributed by atoms with E-state index in [-0.39, 0.29) is 5.91 Å². The molecular weight excluding hydrogens is 256 g/mol. The molecule has 0 radical (unpaired) electrons. The molecule has 2 N–H and O–H groups in total. The molecule has 0 aromatic carbocycles. The van der Waals surface area contributed by atoms with Crippen LogP contribution in [0.1, 0.15) is 23.8 Å². The van der Waals surface area contributed by atoms with E-state index in [0.717, 1.165) is 11.3 Å². The Morgan fingerprint density at radius 3 is 3.05 bits per heavy atom. The van der Waals surface area contributed by atoms with E-state index in [0.29, 0.717) is 13.0 Å². The Balaban J connectivity index is 1.73. The molecule has 2 rings (SSSR count). The number of aryl methyl sites for hydroxylation is 1. The summed E-state index contributed by atoms with van der Waals surface area (Å²) in [6.45, 7) is 0.418. The molecule has 0 unspecified atom stereocenters. The summed E-state index contributed by atoms with van der Waals surface area (Å²) in [7, 11) is 1.88. The molecule has 0 fully saturated rings. The number of nitrogens with one attached hydrogen (secondary N) is 1. The van der Waals surface area contributed by atoms with Crippen molar-refractivity contribution in [2.75, 3.05) is 6.54 Å². The molecule has 0 bridgehead atoms. The second-order valence-electron chi connectivity index (χ2n) is 4.53. The van der Waals surface area contributed by atoms with Crippen LogP contribution in [-0.2, 0) is 11.8 Å². The van der Waals surface area contributed by atoms with Crippen LogP contribution in [0, 0.1) is 0 Å². The standard InChI is InChI=1S/C15H18N2O3/c1-17-9-2-3-13(17)14(18)6-8-16-15(19)5-4-12-7-10-20-11-12/h2-5,7,9-11,14,18H,6,8H2,1H3,(H,16,19)/b5-4+/t14-/m0/s1. The third-order valence-electron chi connectivity index (χ3n) is 3.01. The number of carbonyl (C=O) groups excluding carboxylic acids is 1. The van der Waals surface area contributed by atoms with Gasteiger partial charge in [0, 0.05) is 37.1 Å². The van der Waals surface area contributed by atoms with E-state index in [1.165, 1.54) is 6.08 Å². The Kier molecular flexibility index (Phi) is 4.79. The normalized spacial score (nSPS) is 12.7. The number of aliphatic hydroxyl groups excluding tert-OH is 1. The summed E-state index contributed by atoms with van der Waals surface area (Å²) < 4.78 is 6.76. The number of rotatable bonds is 6. The zero-order chi connectivity index (χ0) is 14.4. The number of aromatic nitrogens is 1. The van der Waals surface area contributed by atoms with E-state index < -0.39 is 6.10 Å². The van der Waals surface area contributed by atoms with E-state index in [9.17, 15) is 9.90 Å². The third kappa shape index (κ3) is 3.86. The molecule has 1 atom stereocenters. The predicted molar refractivity (Wildman–Crippen MR) is 75.7 cm³/mol. The van der Waals surface area contributed by atoms with Gasteiger partial charge in [-0.1, -0.05) is 0 Å². The Morgan fingerprint density at radius 1 is 1.55 bits per heavy atom. The van der Waals surface area contributed by atoms with Gasteiger partial charge in [-0.25, -0.2) is 0 Å². The number of aliphatic hydroxyl groups is 1. The molecule has 0 aliphatic rings. The second kappa shape index (κ2) is 6.77. The van der Waals surface area contributed by atoms with E-state index in [1.807, 2.05) is 29.9 Å². The third-order valence-corrected chi connectivity index (χ3v) is 3.01. The van der Waals surface area contributed by atoms with Crippen molar-refractivity contribution in [3.05, 3.63) is 54.3 Å². The molecule has 0 aliphatic heterocycles. The van der Waals surface area contributed by atoms with Crippen molar-refractivity contribution in [1.82, 2.24) is 9.88 Å². The lowest BCUT2D eigenvalue weighted by Crippen LogP contribution is -2.23. The first kappa shape index (κ1) is 14.1. The minimum Gasteiger partial charge on any atom is -0.472 e. The first-order valence-electron chi connectivity index (χ1n) is 6.44. The molecule has 0 spiro atoms. The molecule has 106 valence electrons. The summed E-state index contributed by atoms with van der Waals surface area (Å²) in [6, 6.07) is 5.51. The van der Waals surface area contributed by atoms with E-state index in [1.54, 1.807) is 24.7 Å². The molecule has 0 saturated heterocycles. The van der Waals surface area contributed by atoms with E-state index in [4.69, 9.17) is 4.42 Å². The van der Waals surface area contributed by atoms with Crippen molar-refractivity contribution in [3.63, 3.8) is 0 Å². The Hall–Kier alpha value is -2.27. The number of furan rings is 1.